The summed E-state index contributed by atoms with van der Waals surface area (Å²) in [6, 6.07) is 14.9. The highest BCUT2D eigenvalue weighted by atomic mass is 16.5. The number of nitrogens with zero attached hydrogens (tertiary/aromatic N) is 6. The molecule has 10 nitrogen and oxygen atoms in total. The third-order valence-electron chi connectivity index (χ3n) is 4.26. The van der Waals surface area contributed by atoms with Gasteiger partial charge in [0.1, 0.15) is 13.2 Å². The smallest absolute Gasteiger partial charge is 0.240 e. The Hall–Kier alpha value is -3.89. The van der Waals surface area contributed by atoms with Crippen LogP contribution < -0.4 is 4.74 Å². The van der Waals surface area contributed by atoms with Crippen LogP contribution in [0.3, 0.4) is 0 Å². The fourth-order valence-corrected chi connectivity index (χ4v) is 2.94. The van der Waals surface area contributed by atoms with Gasteiger partial charge in [0.05, 0.1) is 5.69 Å². The normalized spacial score (nSPS) is 10.8. The van der Waals surface area contributed by atoms with E-state index in [9.17, 15) is 5.11 Å². The number of rotatable bonds is 5. The fraction of sp³-hybridized carbons (Fsp3) is 0.150. The predicted octanol–water partition coefficient (Wildman–Crippen LogP) is 2.01. The first-order valence-electron chi connectivity index (χ1n) is 9.02. The van der Waals surface area contributed by atoms with Crippen LogP contribution in [0.5, 0.6) is 5.88 Å². The van der Waals surface area contributed by atoms with Gasteiger partial charge in [-0.25, -0.2) is 0 Å². The number of hydrogen-bond donors (Lipinski definition) is 2. The molecular weight excluding hydrogens is 388 g/mol. The van der Waals surface area contributed by atoms with Crippen molar-refractivity contribution in [1.29, 1.82) is 0 Å². The molecule has 1 aromatic carbocycles. The first kappa shape index (κ1) is 19.4. The van der Waals surface area contributed by atoms with E-state index in [1.807, 2.05) is 42.5 Å². The van der Waals surface area contributed by atoms with Gasteiger partial charge in [-0.05, 0) is 18.2 Å². The molecule has 0 bridgehead atoms. The molecule has 152 valence electrons. The van der Waals surface area contributed by atoms with Crippen molar-refractivity contribution in [3.05, 3.63) is 66.2 Å². The minimum Gasteiger partial charge on any atom is -0.470 e. The lowest BCUT2D eigenvalue weighted by Gasteiger charge is -2.09. The second-order valence-electron chi connectivity index (χ2n) is 6.06. The Kier molecular flexibility index (Phi) is 5.59. The van der Waals surface area contributed by atoms with Crippen LogP contribution in [0.4, 0.5) is 0 Å². The van der Waals surface area contributed by atoms with Gasteiger partial charge in [-0.3, -0.25) is 4.98 Å². The zero-order valence-electron chi connectivity index (χ0n) is 16.0. The standard InChI is InChI=1S/C19H14N6O3.CH4O/c26-10-13-9-16(24-28-13)18-22-21-17-14-6-1-2-7-15(14)19(23-25(17)18)27-11-12-5-3-4-8-20-12;1-2/h1-9,26H,10-11H2;2H,1H3. The van der Waals surface area contributed by atoms with Crippen LogP contribution in [0, 0.1) is 0 Å². The molecule has 0 saturated heterocycles. The van der Waals surface area contributed by atoms with Gasteiger partial charge < -0.3 is 19.5 Å². The van der Waals surface area contributed by atoms with Crippen molar-refractivity contribution in [1.82, 2.24) is 30.0 Å². The lowest BCUT2D eigenvalue weighted by atomic mass is 10.2. The third-order valence-corrected chi connectivity index (χ3v) is 4.26. The highest BCUT2D eigenvalue weighted by Crippen LogP contribution is 2.29. The SMILES string of the molecule is CO.OCc1cc(-c2nnc3c4ccccc4c(OCc4ccccn4)nn23)no1. The molecule has 0 unspecified atom stereocenters. The van der Waals surface area contributed by atoms with E-state index < -0.39 is 0 Å². The Morgan fingerprint density at radius 1 is 1.03 bits per heavy atom. The summed E-state index contributed by atoms with van der Waals surface area (Å²) in [6.45, 7) is 0.0257. The number of aliphatic hydroxyl groups is 2. The molecule has 0 spiro atoms. The summed E-state index contributed by atoms with van der Waals surface area (Å²) in [6.07, 6.45) is 1.72. The van der Waals surface area contributed by atoms with Gasteiger partial charge in [-0.1, -0.05) is 29.4 Å². The van der Waals surface area contributed by atoms with E-state index in [-0.39, 0.29) is 13.2 Å². The maximum absolute atomic E-state index is 9.21. The molecule has 0 aliphatic carbocycles. The van der Waals surface area contributed by atoms with Crippen LogP contribution in [0.2, 0.25) is 0 Å². The van der Waals surface area contributed by atoms with Gasteiger partial charge >= 0.3 is 0 Å². The molecule has 10 heteroatoms. The summed E-state index contributed by atoms with van der Waals surface area (Å²) < 4.78 is 12.6. The van der Waals surface area contributed by atoms with E-state index in [0.29, 0.717) is 28.8 Å². The van der Waals surface area contributed by atoms with Gasteiger partial charge in [0.25, 0.3) is 0 Å². The molecule has 5 rings (SSSR count). The highest BCUT2D eigenvalue weighted by molar-refractivity contribution is 5.96. The zero-order chi connectivity index (χ0) is 20.9. The topological polar surface area (TPSA) is 132 Å². The molecule has 0 amide bonds. The number of benzene rings is 1. The zero-order valence-corrected chi connectivity index (χ0v) is 16.0. The molecule has 30 heavy (non-hydrogen) atoms. The van der Waals surface area contributed by atoms with Crippen molar-refractivity contribution in [3.8, 4) is 17.4 Å². The minimum absolute atomic E-state index is 0.251. The molecule has 0 saturated carbocycles. The van der Waals surface area contributed by atoms with E-state index in [0.717, 1.165) is 23.6 Å². The Balaban J connectivity index is 0.00000106. The first-order chi connectivity index (χ1) is 14.8. The molecule has 0 fully saturated rings. The molecule has 0 radical (unpaired) electrons. The quantitative estimate of drug-likeness (QED) is 0.450. The monoisotopic (exact) mass is 406 g/mol. The Morgan fingerprint density at radius 2 is 1.83 bits per heavy atom. The number of aliphatic hydroxyl groups excluding tert-OH is 2. The molecule has 5 aromatic rings. The minimum atomic E-state index is -0.251. The van der Waals surface area contributed by atoms with Gasteiger partial charge in [-0.15, -0.1) is 15.3 Å². The van der Waals surface area contributed by atoms with Crippen LogP contribution in [0.25, 0.3) is 27.9 Å². The third kappa shape index (κ3) is 3.56. The fourth-order valence-electron chi connectivity index (χ4n) is 2.94. The van der Waals surface area contributed by atoms with Crippen molar-refractivity contribution in [2.75, 3.05) is 7.11 Å². The van der Waals surface area contributed by atoms with Crippen molar-refractivity contribution in [3.63, 3.8) is 0 Å². The number of ether oxygens (including phenoxy) is 1. The molecule has 4 aromatic heterocycles. The van der Waals surface area contributed by atoms with Gasteiger partial charge in [0.15, 0.2) is 17.1 Å². The summed E-state index contributed by atoms with van der Waals surface area (Å²) in [5, 5.41) is 34.9. The van der Waals surface area contributed by atoms with E-state index in [1.165, 1.54) is 0 Å². The number of fused-ring (bicyclic) bond motifs is 3. The summed E-state index contributed by atoms with van der Waals surface area (Å²) in [4.78, 5) is 4.27. The van der Waals surface area contributed by atoms with Crippen molar-refractivity contribution < 1.29 is 19.5 Å². The average Bonchev–Trinajstić information content (AvgIpc) is 3.46. The summed E-state index contributed by atoms with van der Waals surface area (Å²) in [7, 11) is 1.00. The largest absolute Gasteiger partial charge is 0.470 e. The van der Waals surface area contributed by atoms with Crippen molar-refractivity contribution >= 4 is 16.4 Å². The maximum Gasteiger partial charge on any atom is 0.240 e. The van der Waals surface area contributed by atoms with E-state index in [1.54, 1.807) is 16.8 Å². The van der Waals surface area contributed by atoms with Gasteiger partial charge in [-0.2, -0.15) is 4.52 Å². The van der Waals surface area contributed by atoms with Gasteiger partial charge in [0.2, 0.25) is 11.7 Å². The molecule has 2 N–H and O–H groups in total. The Labute approximate surface area is 170 Å². The molecule has 0 aliphatic heterocycles. The van der Waals surface area contributed by atoms with Crippen molar-refractivity contribution in [2.24, 2.45) is 0 Å². The van der Waals surface area contributed by atoms with E-state index >= 15 is 0 Å². The predicted molar refractivity (Wildman–Crippen MR) is 106 cm³/mol. The first-order valence-corrected chi connectivity index (χ1v) is 9.02. The van der Waals surface area contributed by atoms with Gasteiger partial charge in [0, 0.05) is 30.1 Å². The highest BCUT2D eigenvalue weighted by Gasteiger charge is 2.18. The van der Waals surface area contributed by atoms with Crippen molar-refractivity contribution in [2.45, 2.75) is 13.2 Å². The van der Waals surface area contributed by atoms with Crippen LogP contribution in [0.1, 0.15) is 11.5 Å². The summed E-state index contributed by atoms with van der Waals surface area (Å²) in [5.41, 5.74) is 1.79. The maximum atomic E-state index is 9.21. The van der Waals surface area contributed by atoms with Crippen LogP contribution in [-0.2, 0) is 13.2 Å². The number of hydrogen-bond acceptors (Lipinski definition) is 9. The molecule has 0 aliphatic rings. The van der Waals surface area contributed by atoms with Crippen LogP contribution in [-0.4, -0.2) is 47.3 Å². The summed E-state index contributed by atoms with van der Waals surface area (Å²) >= 11 is 0. The number of aromatic nitrogens is 6. The van der Waals surface area contributed by atoms with Crippen LogP contribution >= 0.6 is 0 Å². The Morgan fingerprint density at radius 3 is 2.57 bits per heavy atom. The molecular formula is C20H18N6O4. The van der Waals surface area contributed by atoms with E-state index in [2.05, 4.69) is 25.4 Å². The second-order valence-corrected chi connectivity index (χ2v) is 6.06. The Bertz CT molecular complexity index is 1270. The lowest BCUT2D eigenvalue weighted by molar-refractivity contribution is 0.229. The number of pyridine rings is 1. The van der Waals surface area contributed by atoms with Crippen LogP contribution in [0.15, 0.2) is 59.3 Å². The average molecular weight is 406 g/mol. The molecule has 0 atom stereocenters. The lowest BCUT2D eigenvalue weighted by Crippen LogP contribution is -2.04. The summed E-state index contributed by atoms with van der Waals surface area (Å²) in [5.74, 6) is 1.16. The molecule has 4 heterocycles. The second kappa shape index (κ2) is 8.64. The van der Waals surface area contributed by atoms with E-state index in [4.69, 9.17) is 14.4 Å².